The van der Waals surface area contributed by atoms with Crippen molar-refractivity contribution in [3.8, 4) is 0 Å². The molecular formula is C14H22BrNO. The van der Waals surface area contributed by atoms with E-state index in [-0.39, 0.29) is 0 Å². The Morgan fingerprint density at radius 3 is 2.41 bits per heavy atom. The van der Waals surface area contributed by atoms with Crippen molar-refractivity contribution in [1.82, 2.24) is 5.32 Å². The van der Waals surface area contributed by atoms with Crippen molar-refractivity contribution >= 4 is 21.8 Å². The Hall–Kier alpha value is -0.0500. The van der Waals surface area contributed by atoms with Crippen molar-refractivity contribution in [3.05, 3.63) is 0 Å². The highest BCUT2D eigenvalue weighted by Gasteiger charge is 2.56. The lowest BCUT2D eigenvalue weighted by atomic mass is 10.1. The molecule has 0 bridgehead atoms. The molecule has 96 valence electrons. The molecule has 2 nitrogen and oxygen atoms in total. The zero-order valence-corrected chi connectivity index (χ0v) is 11.9. The molecule has 3 heteroatoms. The molecule has 0 aromatic rings. The smallest absolute Gasteiger partial charge is 0.223 e. The van der Waals surface area contributed by atoms with Crippen molar-refractivity contribution < 1.29 is 4.79 Å². The number of hydrogen-bond acceptors (Lipinski definition) is 1. The van der Waals surface area contributed by atoms with E-state index in [1.165, 1.54) is 44.9 Å². The zero-order valence-electron chi connectivity index (χ0n) is 10.3. The van der Waals surface area contributed by atoms with Crippen LogP contribution >= 0.6 is 15.9 Å². The van der Waals surface area contributed by atoms with Crippen LogP contribution in [0.4, 0.5) is 0 Å². The minimum Gasteiger partial charge on any atom is -0.352 e. The van der Waals surface area contributed by atoms with Crippen LogP contribution in [0.2, 0.25) is 0 Å². The van der Waals surface area contributed by atoms with Gasteiger partial charge in [0.1, 0.15) is 0 Å². The summed E-state index contributed by atoms with van der Waals surface area (Å²) in [5.74, 6) is 2.23. The summed E-state index contributed by atoms with van der Waals surface area (Å²) in [4.78, 5) is 12.7. The largest absolute Gasteiger partial charge is 0.352 e. The van der Waals surface area contributed by atoms with Crippen LogP contribution in [0.15, 0.2) is 0 Å². The van der Waals surface area contributed by atoms with Crippen LogP contribution in [0.1, 0.15) is 51.4 Å². The van der Waals surface area contributed by atoms with Crippen molar-refractivity contribution in [3.63, 3.8) is 0 Å². The van der Waals surface area contributed by atoms with E-state index in [4.69, 9.17) is 0 Å². The second-order valence-electron chi connectivity index (χ2n) is 6.05. The fourth-order valence-corrected chi connectivity index (χ4v) is 4.63. The summed E-state index contributed by atoms with van der Waals surface area (Å²) in [5, 5.41) is 3.31. The monoisotopic (exact) mass is 299 g/mol. The van der Waals surface area contributed by atoms with Crippen LogP contribution in [0.5, 0.6) is 0 Å². The van der Waals surface area contributed by atoms with E-state index in [0.717, 1.165) is 18.3 Å². The van der Waals surface area contributed by atoms with Gasteiger partial charge in [-0.05, 0) is 37.5 Å². The molecular weight excluding hydrogens is 278 g/mol. The molecule has 3 aliphatic carbocycles. The summed E-state index contributed by atoms with van der Waals surface area (Å²) in [6.45, 7) is 0. The van der Waals surface area contributed by atoms with E-state index >= 15 is 0 Å². The highest BCUT2D eigenvalue weighted by molar-refractivity contribution is 9.09. The molecule has 0 saturated heterocycles. The third kappa shape index (κ3) is 2.40. The first-order valence-electron chi connectivity index (χ1n) is 7.22. The molecule has 3 fully saturated rings. The number of hydrogen-bond donors (Lipinski definition) is 1. The third-order valence-electron chi connectivity index (χ3n) is 4.97. The quantitative estimate of drug-likeness (QED) is 0.615. The van der Waals surface area contributed by atoms with Gasteiger partial charge in [-0.25, -0.2) is 0 Å². The predicted octanol–water partition coefficient (Wildman–Crippen LogP) is 3.24. The Morgan fingerprint density at radius 2 is 1.65 bits per heavy atom. The van der Waals surface area contributed by atoms with Crippen molar-refractivity contribution in [2.75, 3.05) is 0 Å². The Balaban J connectivity index is 1.53. The second-order valence-corrected chi connectivity index (χ2v) is 7.23. The van der Waals surface area contributed by atoms with E-state index in [2.05, 4.69) is 21.2 Å². The standard InChI is InChI=1S/C14H22BrNO/c15-11-7-2-1-3-8-12(11)16-14(17)13-9-5-4-6-10(9)13/h9-13H,1-8H2,(H,16,17). The average molecular weight is 300 g/mol. The molecule has 3 rings (SSSR count). The molecule has 0 aromatic heterocycles. The summed E-state index contributed by atoms with van der Waals surface area (Å²) < 4.78 is 0. The molecule has 17 heavy (non-hydrogen) atoms. The fourth-order valence-electron chi connectivity index (χ4n) is 3.91. The maximum Gasteiger partial charge on any atom is 0.223 e. The molecule has 0 spiro atoms. The minimum atomic E-state index is 0.357. The maximum absolute atomic E-state index is 12.2. The normalized spacial score (nSPS) is 44.9. The molecule has 0 aromatic carbocycles. The van der Waals surface area contributed by atoms with Gasteiger partial charge >= 0.3 is 0 Å². The first kappa shape index (κ1) is 12.0. The summed E-state index contributed by atoms with van der Waals surface area (Å²) in [5.41, 5.74) is 0. The van der Waals surface area contributed by atoms with Gasteiger partial charge in [0.25, 0.3) is 0 Å². The van der Waals surface area contributed by atoms with Gasteiger partial charge in [-0.1, -0.05) is 41.6 Å². The molecule has 0 aliphatic heterocycles. The summed E-state index contributed by atoms with van der Waals surface area (Å²) in [6.07, 6.45) is 10.2. The number of halogens is 1. The minimum absolute atomic E-state index is 0.357. The van der Waals surface area contributed by atoms with Crippen LogP contribution < -0.4 is 5.32 Å². The lowest BCUT2D eigenvalue weighted by Crippen LogP contribution is -2.41. The summed E-state index contributed by atoms with van der Waals surface area (Å²) in [6, 6.07) is 0.381. The van der Waals surface area contributed by atoms with E-state index in [1.54, 1.807) is 0 Å². The van der Waals surface area contributed by atoms with Gasteiger partial charge in [0.2, 0.25) is 5.91 Å². The van der Waals surface area contributed by atoms with Crippen LogP contribution in [0.25, 0.3) is 0 Å². The lowest BCUT2D eigenvalue weighted by Gasteiger charge is -2.22. The maximum atomic E-state index is 12.2. The zero-order chi connectivity index (χ0) is 11.8. The highest BCUT2D eigenvalue weighted by atomic mass is 79.9. The topological polar surface area (TPSA) is 29.1 Å². The van der Waals surface area contributed by atoms with Gasteiger partial charge in [0.15, 0.2) is 0 Å². The van der Waals surface area contributed by atoms with Gasteiger partial charge in [-0.3, -0.25) is 4.79 Å². The number of carbonyl (C=O) groups excluding carboxylic acids is 1. The van der Waals surface area contributed by atoms with Crippen molar-refractivity contribution in [2.45, 2.75) is 62.2 Å². The van der Waals surface area contributed by atoms with Crippen molar-refractivity contribution in [1.29, 1.82) is 0 Å². The van der Waals surface area contributed by atoms with E-state index < -0.39 is 0 Å². The Morgan fingerprint density at radius 1 is 0.941 bits per heavy atom. The van der Waals surface area contributed by atoms with Crippen molar-refractivity contribution in [2.24, 2.45) is 17.8 Å². The van der Waals surface area contributed by atoms with E-state index in [1.807, 2.05) is 0 Å². The summed E-state index contributed by atoms with van der Waals surface area (Å²) >= 11 is 3.75. The average Bonchev–Trinajstić information content (AvgIpc) is 2.89. The number of rotatable bonds is 2. The lowest BCUT2D eigenvalue weighted by molar-refractivity contribution is -0.123. The molecule has 3 saturated carbocycles. The number of nitrogens with one attached hydrogen (secondary N) is 1. The second kappa shape index (κ2) is 4.91. The molecule has 0 heterocycles. The van der Waals surface area contributed by atoms with Crippen LogP contribution in [-0.2, 0) is 4.79 Å². The molecule has 0 radical (unpaired) electrons. The SMILES string of the molecule is O=C(NC1CCCCCC1Br)C1C2CCCC21. The van der Waals surface area contributed by atoms with E-state index in [0.29, 0.717) is 22.7 Å². The Bertz CT molecular complexity index is 297. The Labute approximate surface area is 112 Å². The number of amides is 1. The van der Waals surface area contributed by atoms with Gasteiger partial charge in [-0.2, -0.15) is 0 Å². The Kier molecular flexibility index (Phi) is 3.47. The molecule has 1 amide bonds. The highest BCUT2D eigenvalue weighted by Crippen LogP contribution is 2.57. The predicted molar refractivity (Wildman–Crippen MR) is 72.1 cm³/mol. The first-order chi connectivity index (χ1) is 8.27. The molecule has 4 unspecified atom stereocenters. The number of fused-ring (bicyclic) bond motifs is 1. The molecule has 3 aliphatic rings. The molecule has 4 atom stereocenters. The van der Waals surface area contributed by atoms with Gasteiger partial charge in [-0.15, -0.1) is 0 Å². The number of alkyl halides is 1. The van der Waals surface area contributed by atoms with E-state index in [9.17, 15) is 4.79 Å². The summed E-state index contributed by atoms with van der Waals surface area (Å²) in [7, 11) is 0. The fraction of sp³-hybridized carbons (Fsp3) is 0.929. The van der Waals surface area contributed by atoms with Crippen LogP contribution in [0, 0.1) is 17.8 Å². The first-order valence-corrected chi connectivity index (χ1v) is 8.13. The molecule has 1 N–H and O–H groups in total. The van der Waals surface area contributed by atoms with Gasteiger partial charge < -0.3 is 5.32 Å². The number of carbonyl (C=O) groups is 1. The third-order valence-corrected chi connectivity index (χ3v) is 6.06. The van der Waals surface area contributed by atoms with Crippen LogP contribution in [0.3, 0.4) is 0 Å². The van der Waals surface area contributed by atoms with Gasteiger partial charge in [0, 0.05) is 16.8 Å². The van der Waals surface area contributed by atoms with Crippen LogP contribution in [-0.4, -0.2) is 16.8 Å². The van der Waals surface area contributed by atoms with Gasteiger partial charge in [0.05, 0.1) is 0 Å².